The number of nitrogens with one attached hydrogen (secondary N) is 1. The summed E-state index contributed by atoms with van der Waals surface area (Å²) in [7, 11) is -6.63. The molecule has 2 heterocycles. The summed E-state index contributed by atoms with van der Waals surface area (Å²) in [5.41, 5.74) is 0. The third kappa shape index (κ3) is 3.76. The Kier molecular flexibility index (Phi) is 4.31. The van der Waals surface area contributed by atoms with Crippen molar-refractivity contribution in [2.24, 2.45) is 0 Å². The van der Waals surface area contributed by atoms with Crippen LogP contribution in [0.5, 0.6) is 0 Å². The summed E-state index contributed by atoms with van der Waals surface area (Å²) >= 11 is 1.17. The molecule has 0 spiro atoms. The highest BCUT2D eigenvalue weighted by atomic mass is 32.2. The maximum atomic E-state index is 12.1. The lowest BCUT2D eigenvalue weighted by Crippen LogP contribution is -2.40. The lowest BCUT2D eigenvalue weighted by Gasteiger charge is -2.22. The Morgan fingerprint density at radius 2 is 2.00 bits per heavy atom. The fourth-order valence-electron chi connectivity index (χ4n) is 1.88. The Morgan fingerprint density at radius 3 is 2.53 bits per heavy atom. The van der Waals surface area contributed by atoms with Crippen LogP contribution in [0.2, 0.25) is 0 Å². The summed E-state index contributed by atoms with van der Waals surface area (Å²) in [4.78, 5) is 0.696. The summed E-state index contributed by atoms with van der Waals surface area (Å²) in [5.74, 6) is 0.0391. The van der Waals surface area contributed by atoms with E-state index >= 15 is 0 Å². The SMILES string of the molecule is O=S1(=O)CCC(NS(=O)(=O)c2csc(CO)c2)CC1. The highest BCUT2D eigenvalue weighted by molar-refractivity contribution is 7.91. The highest BCUT2D eigenvalue weighted by Crippen LogP contribution is 2.21. The van der Waals surface area contributed by atoms with E-state index in [9.17, 15) is 16.8 Å². The van der Waals surface area contributed by atoms with Gasteiger partial charge in [-0.15, -0.1) is 11.3 Å². The molecule has 19 heavy (non-hydrogen) atoms. The average molecular weight is 325 g/mol. The van der Waals surface area contributed by atoms with Gasteiger partial charge in [-0.3, -0.25) is 0 Å². The zero-order valence-corrected chi connectivity index (χ0v) is 12.5. The fourth-order valence-corrected chi connectivity index (χ4v) is 5.81. The van der Waals surface area contributed by atoms with Crippen molar-refractivity contribution in [3.63, 3.8) is 0 Å². The molecule has 1 aliphatic rings. The van der Waals surface area contributed by atoms with Crippen LogP contribution >= 0.6 is 11.3 Å². The maximum absolute atomic E-state index is 12.1. The van der Waals surface area contributed by atoms with Crippen LogP contribution in [-0.4, -0.2) is 39.5 Å². The average Bonchev–Trinajstić information content (AvgIpc) is 2.81. The van der Waals surface area contributed by atoms with Crippen LogP contribution in [0.1, 0.15) is 17.7 Å². The number of sulfone groups is 1. The Labute approximate surface area is 116 Å². The van der Waals surface area contributed by atoms with Gasteiger partial charge in [0.2, 0.25) is 10.0 Å². The van der Waals surface area contributed by atoms with Gasteiger partial charge < -0.3 is 5.11 Å². The summed E-state index contributed by atoms with van der Waals surface area (Å²) in [6.45, 7) is -0.193. The third-order valence-electron chi connectivity index (χ3n) is 2.97. The van der Waals surface area contributed by atoms with E-state index in [0.717, 1.165) is 0 Å². The van der Waals surface area contributed by atoms with E-state index in [4.69, 9.17) is 5.11 Å². The summed E-state index contributed by atoms with van der Waals surface area (Å²) < 4.78 is 49.2. The topological polar surface area (TPSA) is 101 Å². The monoisotopic (exact) mass is 325 g/mol. The molecule has 0 aromatic carbocycles. The van der Waals surface area contributed by atoms with E-state index in [2.05, 4.69) is 4.72 Å². The van der Waals surface area contributed by atoms with E-state index in [1.165, 1.54) is 22.8 Å². The Balaban J connectivity index is 2.06. The molecule has 0 bridgehead atoms. The maximum Gasteiger partial charge on any atom is 0.241 e. The van der Waals surface area contributed by atoms with Crippen LogP contribution in [0.3, 0.4) is 0 Å². The highest BCUT2D eigenvalue weighted by Gasteiger charge is 2.27. The number of thiophene rings is 1. The molecule has 2 rings (SSSR count). The summed E-state index contributed by atoms with van der Waals surface area (Å²) in [6, 6.07) is 1.08. The van der Waals surface area contributed by atoms with Gasteiger partial charge >= 0.3 is 0 Å². The minimum atomic E-state index is -3.63. The molecule has 0 saturated carbocycles. The first-order valence-electron chi connectivity index (χ1n) is 5.73. The molecule has 0 unspecified atom stereocenters. The first kappa shape index (κ1) is 14.9. The lowest BCUT2D eigenvalue weighted by atomic mass is 10.2. The number of hydrogen-bond donors (Lipinski definition) is 2. The molecule has 0 radical (unpaired) electrons. The van der Waals surface area contributed by atoms with Crippen LogP contribution in [0.25, 0.3) is 0 Å². The van der Waals surface area contributed by atoms with Crippen LogP contribution in [-0.2, 0) is 26.5 Å². The minimum absolute atomic E-state index is 0.0196. The molecule has 1 aromatic heterocycles. The van der Waals surface area contributed by atoms with Crippen molar-refractivity contribution in [1.82, 2.24) is 4.72 Å². The van der Waals surface area contributed by atoms with Gasteiger partial charge in [0.1, 0.15) is 9.84 Å². The minimum Gasteiger partial charge on any atom is -0.391 e. The summed E-state index contributed by atoms with van der Waals surface area (Å²) in [6.07, 6.45) is 0.608. The van der Waals surface area contributed by atoms with E-state index in [0.29, 0.717) is 17.7 Å². The molecule has 1 aliphatic heterocycles. The van der Waals surface area contributed by atoms with Gasteiger partial charge in [-0.1, -0.05) is 0 Å². The number of sulfonamides is 1. The van der Waals surface area contributed by atoms with Gasteiger partial charge in [-0.2, -0.15) is 0 Å². The van der Waals surface area contributed by atoms with Gasteiger partial charge in [0.25, 0.3) is 0 Å². The second-order valence-corrected chi connectivity index (χ2v) is 9.47. The first-order chi connectivity index (χ1) is 8.82. The number of aliphatic hydroxyl groups excluding tert-OH is 1. The zero-order chi connectivity index (χ0) is 14.1. The molecule has 0 aliphatic carbocycles. The van der Waals surface area contributed by atoms with Crippen molar-refractivity contribution in [2.75, 3.05) is 11.5 Å². The van der Waals surface area contributed by atoms with Crippen LogP contribution in [0.4, 0.5) is 0 Å². The van der Waals surface area contributed by atoms with Gasteiger partial charge in [0.15, 0.2) is 0 Å². The van der Waals surface area contributed by atoms with Crippen molar-refractivity contribution >= 4 is 31.2 Å². The Bertz CT molecular complexity index is 632. The molecule has 0 atom stereocenters. The Morgan fingerprint density at radius 1 is 1.37 bits per heavy atom. The first-order valence-corrected chi connectivity index (χ1v) is 9.92. The van der Waals surface area contributed by atoms with Crippen LogP contribution < -0.4 is 4.72 Å². The Hall–Kier alpha value is -0.480. The van der Waals surface area contributed by atoms with E-state index in [1.807, 2.05) is 0 Å². The fraction of sp³-hybridized carbons (Fsp3) is 0.600. The molecular formula is C10H15NO5S3. The zero-order valence-electron chi connectivity index (χ0n) is 10.1. The van der Waals surface area contributed by atoms with Crippen LogP contribution in [0.15, 0.2) is 16.3 Å². The molecule has 2 N–H and O–H groups in total. The molecule has 6 nitrogen and oxygen atoms in total. The van der Waals surface area contributed by atoms with Gasteiger partial charge in [-0.25, -0.2) is 21.6 Å². The van der Waals surface area contributed by atoms with Crippen molar-refractivity contribution in [3.8, 4) is 0 Å². The standard InChI is InChI=1S/C10H15NO5S3/c12-6-9-5-10(7-17-9)19(15,16)11-8-1-3-18(13,14)4-2-8/h5,7-8,11-12H,1-4,6H2. The number of rotatable bonds is 4. The van der Waals surface area contributed by atoms with Gasteiger partial charge in [0, 0.05) is 16.3 Å². The predicted octanol–water partition coefficient (Wildman–Crippen LogP) is 0.0959. The van der Waals surface area contributed by atoms with Crippen LogP contribution in [0, 0.1) is 0 Å². The largest absolute Gasteiger partial charge is 0.391 e. The smallest absolute Gasteiger partial charge is 0.241 e. The molecule has 0 amide bonds. The molecule has 1 saturated heterocycles. The van der Waals surface area contributed by atoms with Crippen molar-refractivity contribution < 1.29 is 21.9 Å². The van der Waals surface area contributed by atoms with E-state index in [1.54, 1.807) is 0 Å². The summed E-state index contributed by atoms with van der Waals surface area (Å²) in [5, 5.41) is 10.4. The molecular weight excluding hydrogens is 310 g/mol. The quantitative estimate of drug-likeness (QED) is 0.817. The van der Waals surface area contributed by atoms with Gasteiger partial charge in [0.05, 0.1) is 23.0 Å². The normalized spacial score (nSPS) is 20.5. The third-order valence-corrected chi connectivity index (χ3v) is 7.26. The predicted molar refractivity (Wildman–Crippen MR) is 72.2 cm³/mol. The van der Waals surface area contributed by atoms with Gasteiger partial charge in [-0.05, 0) is 18.9 Å². The second-order valence-electron chi connectivity index (χ2n) is 4.45. The molecule has 9 heteroatoms. The molecule has 1 fully saturated rings. The number of aliphatic hydroxyl groups is 1. The van der Waals surface area contributed by atoms with Crippen molar-refractivity contribution in [1.29, 1.82) is 0 Å². The second kappa shape index (κ2) is 5.49. The van der Waals surface area contributed by atoms with Crippen molar-refractivity contribution in [3.05, 3.63) is 16.3 Å². The number of hydrogen-bond acceptors (Lipinski definition) is 6. The molecule has 1 aromatic rings. The van der Waals surface area contributed by atoms with Crippen molar-refractivity contribution in [2.45, 2.75) is 30.4 Å². The lowest BCUT2D eigenvalue weighted by molar-refractivity contribution is 0.285. The van der Waals surface area contributed by atoms with E-state index < -0.39 is 19.9 Å². The molecule has 108 valence electrons. The van der Waals surface area contributed by atoms with E-state index in [-0.39, 0.29) is 29.0 Å².